The Balaban J connectivity index is -0.000000301. The van der Waals surface area contributed by atoms with E-state index < -0.39 is 17.4 Å². The third-order valence-electron chi connectivity index (χ3n) is 3.97. The van der Waals surface area contributed by atoms with Crippen LogP contribution in [0.15, 0.2) is 0 Å². The summed E-state index contributed by atoms with van der Waals surface area (Å²) in [5.41, 5.74) is -1.62. The topological polar surface area (TPSA) is 74.6 Å². The molecule has 0 aromatic carbocycles. The summed E-state index contributed by atoms with van der Waals surface area (Å²) in [5.74, 6) is -2.47. The van der Waals surface area contributed by atoms with Gasteiger partial charge in [0.2, 0.25) is 0 Å². The van der Waals surface area contributed by atoms with Crippen molar-refractivity contribution in [2.45, 2.75) is 84.5 Å². The van der Waals surface area contributed by atoms with Crippen molar-refractivity contribution in [3.8, 4) is 0 Å². The summed E-state index contributed by atoms with van der Waals surface area (Å²) in [6, 6.07) is 0. The molecule has 0 aromatic heterocycles. The number of carboxylic acid groups (broad SMARTS) is 2. The Hall–Kier alpha value is 0.537. The van der Waals surface area contributed by atoms with Gasteiger partial charge < -0.3 is 13.1 Å². The number of carbonyl (C=O) groups is 2. The van der Waals surface area contributed by atoms with E-state index in [0.717, 1.165) is 12.8 Å². The summed E-state index contributed by atoms with van der Waals surface area (Å²) in [7, 11) is 0. The van der Waals surface area contributed by atoms with Gasteiger partial charge in [-0.2, -0.15) is 0 Å². The first-order valence-corrected chi connectivity index (χ1v) is 7.92. The van der Waals surface area contributed by atoms with Gasteiger partial charge in [-0.3, -0.25) is 9.59 Å². The Bertz CT molecular complexity index is 294. The fourth-order valence-electron chi connectivity index (χ4n) is 2.27. The van der Waals surface area contributed by atoms with Crippen molar-refractivity contribution in [1.82, 2.24) is 0 Å². The van der Waals surface area contributed by atoms with E-state index in [4.69, 9.17) is 10.2 Å². The molecular weight excluding hydrogens is 286 g/mol. The van der Waals surface area contributed by atoms with E-state index >= 15 is 0 Å². The van der Waals surface area contributed by atoms with Crippen LogP contribution in [-0.2, 0) is 9.59 Å². The second-order valence-corrected chi connectivity index (χ2v) is 5.87. The molecule has 0 bridgehead atoms. The Labute approximate surface area is 172 Å². The molecule has 22 heavy (non-hydrogen) atoms. The van der Waals surface area contributed by atoms with Crippen molar-refractivity contribution in [3.63, 3.8) is 0 Å². The summed E-state index contributed by atoms with van der Waals surface area (Å²) in [6.45, 7) is 3.51. The van der Waals surface area contributed by atoms with Crippen molar-refractivity contribution < 1.29 is 71.1 Å². The van der Waals surface area contributed by atoms with E-state index in [0.29, 0.717) is 6.42 Å². The number of unbranched alkanes of at least 4 members (excludes halogenated alkanes) is 9. The van der Waals surface area contributed by atoms with Crippen LogP contribution in [0.25, 0.3) is 0 Å². The van der Waals surface area contributed by atoms with Gasteiger partial charge in [-0.1, -0.05) is 71.1 Å². The van der Waals surface area contributed by atoms with Gasteiger partial charge in [-0.05, 0) is 13.3 Å². The molecule has 0 fully saturated rings. The fraction of sp³-hybridized carbons (Fsp3) is 0.875. The van der Waals surface area contributed by atoms with Crippen LogP contribution in [0.2, 0.25) is 0 Å². The Morgan fingerprint density at radius 2 is 1.14 bits per heavy atom. The van der Waals surface area contributed by atoms with Crippen LogP contribution in [0.1, 0.15) is 87.3 Å². The van der Waals surface area contributed by atoms with Crippen LogP contribution in [0.3, 0.4) is 0 Å². The molecule has 0 aliphatic carbocycles. The monoisotopic (exact) mass is 318 g/mol. The zero-order valence-electron chi connectivity index (χ0n) is 17.0. The Kier molecular flexibility index (Phi) is 20.4. The standard InChI is InChI=1S/C16H30O4.Li.Na.2H/c1-3-4-5-6-7-8-9-10-11-12-13-16(2,14(17)18)15(19)20;;;;/h3-13H2,1-2H3,(H,17,18)(H,19,20);;;;/q;2*+1;2*-1. The molecule has 0 radical (unpaired) electrons. The zero-order chi connectivity index (χ0) is 15.4. The average Bonchev–Trinajstić information content (AvgIpc) is 2.40. The molecule has 0 heterocycles. The second kappa shape index (κ2) is 16.4. The number of hydrogen-bond acceptors (Lipinski definition) is 2. The van der Waals surface area contributed by atoms with Gasteiger partial charge in [-0.15, -0.1) is 0 Å². The smallest absolute Gasteiger partial charge is 1.00 e. The minimum Gasteiger partial charge on any atom is -1.00 e. The van der Waals surface area contributed by atoms with E-state index in [1.807, 2.05) is 0 Å². The summed E-state index contributed by atoms with van der Waals surface area (Å²) in [4.78, 5) is 21.9. The predicted octanol–water partition coefficient (Wildman–Crippen LogP) is -1.29. The van der Waals surface area contributed by atoms with Crippen LogP contribution in [0.4, 0.5) is 0 Å². The molecule has 0 aliphatic heterocycles. The second-order valence-electron chi connectivity index (χ2n) is 5.87. The molecule has 0 unspecified atom stereocenters. The molecule has 0 rings (SSSR count). The summed E-state index contributed by atoms with van der Waals surface area (Å²) >= 11 is 0. The molecule has 0 aliphatic rings. The van der Waals surface area contributed by atoms with E-state index in [-0.39, 0.29) is 57.7 Å². The van der Waals surface area contributed by atoms with Crippen LogP contribution < -0.4 is 48.4 Å². The third-order valence-corrected chi connectivity index (χ3v) is 3.97. The molecule has 0 spiro atoms. The maximum atomic E-state index is 11.0. The molecule has 4 nitrogen and oxygen atoms in total. The first-order chi connectivity index (χ1) is 9.45. The number of hydrogen-bond donors (Lipinski definition) is 2. The molecule has 6 heteroatoms. The summed E-state index contributed by atoms with van der Waals surface area (Å²) in [6.07, 6.45) is 11.8. The van der Waals surface area contributed by atoms with Gasteiger partial charge in [0, 0.05) is 0 Å². The molecule has 0 saturated heterocycles. The minimum atomic E-state index is -1.62. The first-order valence-electron chi connectivity index (χ1n) is 7.92. The Morgan fingerprint density at radius 3 is 1.45 bits per heavy atom. The van der Waals surface area contributed by atoms with Gasteiger partial charge in [0.1, 0.15) is 0 Å². The maximum absolute atomic E-state index is 11.0. The van der Waals surface area contributed by atoms with Crippen molar-refractivity contribution in [1.29, 1.82) is 0 Å². The molecule has 0 amide bonds. The molecule has 0 saturated carbocycles. The summed E-state index contributed by atoms with van der Waals surface area (Å²) in [5, 5.41) is 17.9. The molecule has 122 valence electrons. The largest absolute Gasteiger partial charge is 1.00 e. The van der Waals surface area contributed by atoms with Crippen molar-refractivity contribution >= 4 is 11.9 Å². The number of aliphatic carboxylic acids is 2. The maximum Gasteiger partial charge on any atom is 1.00 e. The van der Waals surface area contributed by atoms with Gasteiger partial charge in [0.15, 0.2) is 5.41 Å². The molecule has 0 aromatic rings. The molecular formula is C16H32LiNaO4. The van der Waals surface area contributed by atoms with E-state index in [2.05, 4.69) is 6.92 Å². The predicted molar refractivity (Wildman–Crippen MR) is 82.1 cm³/mol. The normalized spacial score (nSPS) is 10.5. The van der Waals surface area contributed by atoms with Gasteiger partial charge in [0.25, 0.3) is 0 Å². The van der Waals surface area contributed by atoms with E-state index in [1.54, 1.807) is 0 Å². The van der Waals surface area contributed by atoms with Gasteiger partial charge in [0.05, 0.1) is 0 Å². The first kappa shape index (κ1) is 27.4. The third kappa shape index (κ3) is 12.0. The fourth-order valence-corrected chi connectivity index (χ4v) is 2.27. The van der Waals surface area contributed by atoms with Crippen LogP contribution in [-0.4, -0.2) is 22.2 Å². The van der Waals surface area contributed by atoms with Crippen molar-refractivity contribution in [2.75, 3.05) is 0 Å². The average molecular weight is 318 g/mol. The van der Waals surface area contributed by atoms with Crippen LogP contribution in [0.5, 0.6) is 0 Å². The quantitative estimate of drug-likeness (QED) is 0.252. The molecule has 2 N–H and O–H groups in total. The van der Waals surface area contributed by atoms with E-state index in [1.165, 1.54) is 51.9 Å². The van der Waals surface area contributed by atoms with Gasteiger partial charge in [-0.25, -0.2) is 0 Å². The SMILES string of the molecule is CCCCCCCCCCCCC(C)(C(=O)O)C(=O)O.[H-].[H-].[Li+].[Na+]. The van der Waals surface area contributed by atoms with Crippen LogP contribution in [0, 0.1) is 5.41 Å². The zero-order valence-corrected chi connectivity index (χ0v) is 17.0. The van der Waals surface area contributed by atoms with Crippen LogP contribution >= 0.6 is 0 Å². The summed E-state index contributed by atoms with van der Waals surface area (Å²) < 4.78 is 0. The minimum absolute atomic E-state index is 0. The number of rotatable bonds is 13. The van der Waals surface area contributed by atoms with E-state index in [9.17, 15) is 9.59 Å². The van der Waals surface area contributed by atoms with Gasteiger partial charge >= 0.3 is 60.4 Å². The van der Waals surface area contributed by atoms with Crippen molar-refractivity contribution in [2.24, 2.45) is 5.41 Å². The van der Waals surface area contributed by atoms with Crippen molar-refractivity contribution in [3.05, 3.63) is 0 Å². The molecule has 0 atom stereocenters. The Morgan fingerprint density at radius 1 is 0.818 bits per heavy atom. The number of carboxylic acids is 2.